The van der Waals surface area contributed by atoms with Gasteiger partial charge in [-0.2, -0.15) is 0 Å². The predicted octanol–water partition coefficient (Wildman–Crippen LogP) is 1.09. The van der Waals surface area contributed by atoms with Crippen molar-refractivity contribution in [1.29, 1.82) is 0 Å². The highest BCUT2D eigenvalue weighted by Crippen LogP contribution is 2.28. The lowest BCUT2D eigenvalue weighted by molar-refractivity contribution is 0.0449. The van der Waals surface area contributed by atoms with Crippen molar-refractivity contribution in [2.75, 3.05) is 17.5 Å². The lowest BCUT2D eigenvalue weighted by atomic mass is 10.0. The monoisotopic (exact) mass is 312 g/mol. The van der Waals surface area contributed by atoms with Crippen molar-refractivity contribution in [2.24, 2.45) is 0 Å². The first-order chi connectivity index (χ1) is 9.77. The molecule has 0 radical (unpaired) electrons. The number of amides is 1. The lowest BCUT2D eigenvalue weighted by Crippen LogP contribution is -2.40. The van der Waals surface area contributed by atoms with E-state index in [-0.39, 0.29) is 12.5 Å². The van der Waals surface area contributed by atoms with Crippen LogP contribution in [0, 0.1) is 0 Å². The maximum Gasteiger partial charge on any atom is 0.251 e. The molecule has 2 rings (SSSR count). The molecule has 1 aromatic carbocycles. The second-order valence-electron chi connectivity index (χ2n) is 5.57. The minimum Gasteiger partial charge on any atom is -0.388 e. The van der Waals surface area contributed by atoms with E-state index in [0.717, 1.165) is 19.1 Å². The van der Waals surface area contributed by atoms with E-state index in [9.17, 15) is 18.3 Å². The van der Waals surface area contributed by atoms with Gasteiger partial charge in [-0.3, -0.25) is 9.52 Å². The first-order valence-corrected chi connectivity index (χ1v) is 8.75. The second kappa shape index (κ2) is 6.03. The normalized spacial score (nSPS) is 17.4. The van der Waals surface area contributed by atoms with Gasteiger partial charge in [0.1, 0.15) is 0 Å². The van der Waals surface area contributed by atoms with Crippen molar-refractivity contribution >= 4 is 21.6 Å². The minimum atomic E-state index is -3.32. The fourth-order valence-electron chi connectivity index (χ4n) is 2.46. The molecule has 1 aromatic rings. The summed E-state index contributed by atoms with van der Waals surface area (Å²) < 4.78 is 24.5. The largest absolute Gasteiger partial charge is 0.388 e. The molecule has 1 aliphatic rings. The molecule has 0 unspecified atom stereocenters. The Morgan fingerprint density at radius 2 is 1.81 bits per heavy atom. The smallest absolute Gasteiger partial charge is 0.251 e. The number of hydrogen-bond acceptors (Lipinski definition) is 4. The lowest BCUT2D eigenvalue weighted by Gasteiger charge is -2.22. The van der Waals surface area contributed by atoms with Crippen LogP contribution in [0.3, 0.4) is 0 Å². The molecule has 0 atom stereocenters. The maximum atomic E-state index is 12.0. The summed E-state index contributed by atoms with van der Waals surface area (Å²) in [6.45, 7) is 0.245. The number of carbonyl (C=O) groups is 1. The minimum absolute atomic E-state index is 0.245. The van der Waals surface area contributed by atoms with E-state index in [1.165, 1.54) is 12.1 Å². The highest BCUT2D eigenvalue weighted by Gasteiger charge is 2.31. The topological polar surface area (TPSA) is 95.5 Å². The highest BCUT2D eigenvalue weighted by molar-refractivity contribution is 7.92. The number of rotatable bonds is 5. The van der Waals surface area contributed by atoms with E-state index < -0.39 is 15.6 Å². The zero-order valence-electron chi connectivity index (χ0n) is 11.9. The second-order valence-corrected chi connectivity index (χ2v) is 7.31. The van der Waals surface area contributed by atoms with Gasteiger partial charge in [-0.1, -0.05) is 12.8 Å². The summed E-state index contributed by atoms with van der Waals surface area (Å²) in [5.41, 5.74) is 0.0482. The Bertz CT molecular complexity index is 604. The van der Waals surface area contributed by atoms with Gasteiger partial charge in [0.15, 0.2) is 0 Å². The van der Waals surface area contributed by atoms with Gasteiger partial charge in [-0.25, -0.2) is 8.42 Å². The molecule has 0 saturated heterocycles. The summed E-state index contributed by atoms with van der Waals surface area (Å²) in [7, 11) is -3.32. The van der Waals surface area contributed by atoms with Crippen molar-refractivity contribution in [1.82, 2.24) is 5.32 Å². The first-order valence-electron chi connectivity index (χ1n) is 6.86. The summed E-state index contributed by atoms with van der Waals surface area (Å²) in [6, 6.07) is 6.14. The molecule has 7 heteroatoms. The van der Waals surface area contributed by atoms with Crippen LogP contribution in [0.1, 0.15) is 36.0 Å². The zero-order chi connectivity index (χ0) is 15.5. The van der Waals surface area contributed by atoms with Gasteiger partial charge in [0.2, 0.25) is 10.0 Å². The Hall–Kier alpha value is -1.60. The van der Waals surface area contributed by atoms with Gasteiger partial charge in [-0.05, 0) is 37.1 Å². The van der Waals surface area contributed by atoms with E-state index in [0.29, 0.717) is 24.1 Å². The van der Waals surface area contributed by atoms with Crippen LogP contribution in [-0.2, 0) is 10.0 Å². The van der Waals surface area contributed by atoms with E-state index in [2.05, 4.69) is 10.0 Å². The Kier molecular flexibility index (Phi) is 4.53. The molecule has 21 heavy (non-hydrogen) atoms. The summed E-state index contributed by atoms with van der Waals surface area (Å²) in [5, 5.41) is 12.9. The number of hydrogen-bond donors (Lipinski definition) is 3. The van der Waals surface area contributed by atoms with Crippen molar-refractivity contribution < 1.29 is 18.3 Å². The van der Waals surface area contributed by atoms with Crippen molar-refractivity contribution in [2.45, 2.75) is 31.3 Å². The SMILES string of the molecule is CS(=O)(=O)Nc1ccc(C(=O)NCC2(O)CCCC2)cc1. The van der Waals surface area contributed by atoms with Gasteiger partial charge in [0.25, 0.3) is 5.91 Å². The number of benzene rings is 1. The molecule has 1 amide bonds. The van der Waals surface area contributed by atoms with Crippen LogP contribution in [0.5, 0.6) is 0 Å². The van der Waals surface area contributed by atoms with Gasteiger partial charge in [-0.15, -0.1) is 0 Å². The van der Waals surface area contributed by atoms with Gasteiger partial charge >= 0.3 is 0 Å². The van der Waals surface area contributed by atoms with E-state index in [1.54, 1.807) is 12.1 Å². The third-order valence-corrected chi connectivity index (χ3v) is 4.17. The molecule has 0 bridgehead atoms. The van der Waals surface area contributed by atoms with E-state index in [1.807, 2.05) is 0 Å². The fraction of sp³-hybridized carbons (Fsp3) is 0.500. The van der Waals surface area contributed by atoms with E-state index >= 15 is 0 Å². The molecule has 0 aliphatic heterocycles. The van der Waals surface area contributed by atoms with Crippen molar-refractivity contribution in [3.63, 3.8) is 0 Å². The van der Waals surface area contributed by atoms with Crippen molar-refractivity contribution in [3.05, 3.63) is 29.8 Å². The highest BCUT2D eigenvalue weighted by atomic mass is 32.2. The van der Waals surface area contributed by atoms with Crippen LogP contribution in [0.25, 0.3) is 0 Å². The van der Waals surface area contributed by atoms with Crippen LogP contribution in [0.2, 0.25) is 0 Å². The number of carbonyl (C=O) groups excluding carboxylic acids is 1. The fourth-order valence-corrected chi connectivity index (χ4v) is 3.02. The van der Waals surface area contributed by atoms with Crippen LogP contribution < -0.4 is 10.0 Å². The van der Waals surface area contributed by atoms with E-state index in [4.69, 9.17) is 0 Å². The predicted molar refractivity (Wildman–Crippen MR) is 80.7 cm³/mol. The molecular formula is C14H20N2O4S. The molecule has 1 saturated carbocycles. The molecule has 0 aromatic heterocycles. The summed E-state index contributed by atoms with van der Waals surface area (Å²) in [6.07, 6.45) is 4.46. The number of sulfonamides is 1. The van der Waals surface area contributed by atoms with Gasteiger partial charge in [0, 0.05) is 17.8 Å². The third kappa shape index (κ3) is 4.71. The molecule has 1 aliphatic carbocycles. The van der Waals surface area contributed by atoms with Crippen LogP contribution in [-0.4, -0.2) is 37.8 Å². The molecule has 0 spiro atoms. The zero-order valence-corrected chi connectivity index (χ0v) is 12.7. The average molecular weight is 312 g/mol. The van der Waals surface area contributed by atoms with Crippen LogP contribution >= 0.6 is 0 Å². The molecule has 3 N–H and O–H groups in total. The Morgan fingerprint density at radius 3 is 2.33 bits per heavy atom. The molecule has 1 fully saturated rings. The number of nitrogens with one attached hydrogen (secondary N) is 2. The standard InChI is InChI=1S/C14H20N2O4S/c1-21(19,20)16-12-6-4-11(5-7-12)13(17)15-10-14(18)8-2-3-9-14/h4-7,16,18H,2-3,8-10H2,1H3,(H,15,17). The number of aliphatic hydroxyl groups is 1. The number of anilines is 1. The molecular weight excluding hydrogens is 292 g/mol. The Balaban J connectivity index is 1.93. The van der Waals surface area contributed by atoms with Crippen molar-refractivity contribution in [3.8, 4) is 0 Å². The quantitative estimate of drug-likeness (QED) is 0.758. The Labute approximate surface area is 124 Å². The van der Waals surface area contributed by atoms with Crippen LogP contribution in [0.4, 0.5) is 5.69 Å². The Morgan fingerprint density at radius 1 is 1.24 bits per heavy atom. The van der Waals surface area contributed by atoms with Gasteiger partial charge in [0.05, 0.1) is 11.9 Å². The van der Waals surface area contributed by atoms with Crippen LogP contribution in [0.15, 0.2) is 24.3 Å². The molecule has 6 nitrogen and oxygen atoms in total. The van der Waals surface area contributed by atoms with Gasteiger partial charge < -0.3 is 10.4 Å². The summed E-state index contributed by atoms with van der Waals surface area (Å²) in [4.78, 5) is 12.0. The maximum absolute atomic E-state index is 12.0. The summed E-state index contributed by atoms with van der Waals surface area (Å²) in [5.74, 6) is -0.277. The average Bonchev–Trinajstić information content (AvgIpc) is 2.82. The molecule has 116 valence electrons. The molecule has 0 heterocycles. The summed E-state index contributed by atoms with van der Waals surface area (Å²) >= 11 is 0. The third-order valence-electron chi connectivity index (χ3n) is 3.56. The first kappa shape index (κ1) is 15.8.